The van der Waals surface area contributed by atoms with Crippen molar-refractivity contribution >= 4 is 34.4 Å². The number of ketones is 1. The van der Waals surface area contributed by atoms with Crippen molar-refractivity contribution in [1.29, 1.82) is 0 Å². The third-order valence-electron chi connectivity index (χ3n) is 4.79. The number of hydrogen-bond acceptors (Lipinski definition) is 3. The minimum Gasteiger partial charge on any atom is -0.497 e. The number of hydrogen-bond donors (Lipinski definition) is 1. The van der Waals surface area contributed by atoms with E-state index in [1.165, 1.54) is 6.08 Å². The van der Waals surface area contributed by atoms with Crippen LogP contribution < -0.4 is 10.3 Å². The van der Waals surface area contributed by atoms with Gasteiger partial charge in [-0.25, -0.2) is 0 Å². The summed E-state index contributed by atoms with van der Waals surface area (Å²) >= 11 is 6.15. The fraction of sp³-hybridized carbons (Fsp3) is 0.182. The first-order valence-electron chi connectivity index (χ1n) is 8.78. The number of methoxy groups -OCH3 is 1. The molecule has 0 saturated heterocycles. The lowest BCUT2D eigenvalue weighted by atomic mass is 9.96. The summed E-state index contributed by atoms with van der Waals surface area (Å²) in [5, 5.41) is 1.44. The van der Waals surface area contributed by atoms with Crippen LogP contribution in [0.5, 0.6) is 5.75 Å². The van der Waals surface area contributed by atoms with E-state index in [2.05, 4.69) is 4.98 Å². The van der Waals surface area contributed by atoms with Gasteiger partial charge in [0.1, 0.15) is 5.75 Å². The molecule has 136 valence electrons. The quantitative estimate of drug-likeness (QED) is 0.503. The first-order chi connectivity index (χ1) is 13.1. The maximum atomic E-state index is 12.9. The van der Waals surface area contributed by atoms with E-state index in [-0.39, 0.29) is 22.8 Å². The Kier molecular flexibility index (Phi) is 4.58. The van der Waals surface area contributed by atoms with Crippen LogP contribution >= 0.6 is 11.6 Å². The summed E-state index contributed by atoms with van der Waals surface area (Å²) < 4.78 is 5.13. The molecule has 0 bridgehead atoms. The minimum atomic E-state index is -0.351. The highest BCUT2D eigenvalue weighted by Crippen LogP contribution is 2.44. The molecule has 1 fully saturated rings. The van der Waals surface area contributed by atoms with Crippen molar-refractivity contribution in [3.63, 3.8) is 0 Å². The molecule has 5 heteroatoms. The van der Waals surface area contributed by atoms with Crippen LogP contribution in [0.4, 0.5) is 0 Å². The Balaban J connectivity index is 1.76. The SMILES string of the molecule is COc1ccc(/C=C/C(=O)c2c(C3CC3)c3cc(Cl)ccc3[nH]c2=O)cc1. The monoisotopic (exact) mass is 379 g/mol. The average molecular weight is 380 g/mol. The van der Waals surface area contributed by atoms with Crippen LogP contribution in [-0.2, 0) is 0 Å². The third kappa shape index (κ3) is 3.53. The number of aromatic amines is 1. The van der Waals surface area contributed by atoms with Gasteiger partial charge in [-0.05, 0) is 66.3 Å². The number of H-pyrrole nitrogens is 1. The Bertz CT molecular complexity index is 1110. The first kappa shape index (κ1) is 17.6. The largest absolute Gasteiger partial charge is 0.497 e. The molecule has 27 heavy (non-hydrogen) atoms. The molecule has 1 saturated carbocycles. The summed E-state index contributed by atoms with van der Waals surface area (Å²) in [4.78, 5) is 28.3. The van der Waals surface area contributed by atoms with Crippen LogP contribution in [0.15, 0.2) is 53.3 Å². The van der Waals surface area contributed by atoms with Gasteiger partial charge in [0.2, 0.25) is 0 Å². The molecule has 0 amide bonds. The van der Waals surface area contributed by atoms with E-state index in [4.69, 9.17) is 16.3 Å². The summed E-state index contributed by atoms with van der Waals surface area (Å²) in [5.74, 6) is 0.690. The van der Waals surface area contributed by atoms with Crippen LogP contribution in [0, 0.1) is 0 Å². The van der Waals surface area contributed by atoms with Gasteiger partial charge < -0.3 is 9.72 Å². The number of aromatic nitrogens is 1. The van der Waals surface area contributed by atoms with Gasteiger partial charge in [-0.15, -0.1) is 0 Å². The van der Waals surface area contributed by atoms with Crippen LogP contribution in [0.25, 0.3) is 17.0 Å². The van der Waals surface area contributed by atoms with Gasteiger partial charge in [0, 0.05) is 15.9 Å². The highest BCUT2D eigenvalue weighted by Gasteiger charge is 2.31. The predicted octanol–water partition coefficient (Wildman–Crippen LogP) is 4.96. The van der Waals surface area contributed by atoms with Gasteiger partial charge in [0.25, 0.3) is 5.56 Å². The molecule has 0 aliphatic heterocycles. The molecule has 0 spiro atoms. The molecule has 1 aliphatic rings. The summed E-state index contributed by atoms with van der Waals surface area (Å²) in [6.07, 6.45) is 5.12. The number of carbonyl (C=O) groups excluding carboxylic acids is 1. The van der Waals surface area contributed by atoms with E-state index in [1.54, 1.807) is 25.3 Å². The molecule has 0 unspecified atom stereocenters. The van der Waals surface area contributed by atoms with Gasteiger partial charge >= 0.3 is 0 Å². The highest BCUT2D eigenvalue weighted by atomic mass is 35.5. The second-order valence-corrected chi connectivity index (χ2v) is 7.11. The molecule has 2 aromatic carbocycles. The first-order valence-corrected chi connectivity index (χ1v) is 9.16. The number of ether oxygens (including phenoxy) is 1. The normalized spacial score (nSPS) is 14.0. The van der Waals surface area contributed by atoms with E-state index < -0.39 is 0 Å². The molecule has 1 aliphatic carbocycles. The molecular formula is C22H18ClNO3. The Morgan fingerprint density at radius 2 is 1.93 bits per heavy atom. The fourth-order valence-corrected chi connectivity index (χ4v) is 3.47. The fourth-order valence-electron chi connectivity index (χ4n) is 3.30. The topological polar surface area (TPSA) is 59.2 Å². The molecule has 4 rings (SSSR count). The van der Waals surface area contributed by atoms with Crippen LogP contribution in [0.3, 0.4) is 0 Å². The van der Waals surface area contributed by atoms with E-state index in [9.17, 15) is 9.59 Å². The summed E-state index contributed by atoms with van der Waals surface area (Å²) in [6.45, 7) is 0. The highest BCUT2D eigenvalue weighted by molar-refractivity contribution is 6.31. The lowest BCUT2D eigenvalue weighted by molar-refractivity contribution is 0.104. The number of halogens is 1. The van der Waals surface area contributed by atoms with Gasteiger partial charge in [0.15, 0.2) is 5.78 Å². The summed E-state index contributed by atoms with van der Waals surface area (Å²) in [5.41, 5.74) is 2.26. The number of allylic oxidation sites excluding steroid dienone is 1. The molecule has 1 N–H and O–H groups in total. The van der Waals surface area contributed by atoms with Crippen molar-refractivity contribution in [3.05, 3.63) is 80.6 Å². The van der Waals surface area contributed by atoms with Gasteiger partial charge in [-0.3, -0.25) is 9.59 Å². The van der Waals surface area contributed by atoms with Crippen molar-refractivity contribution in [3.8, 4) is 5.75 Å². The van der Waals surface area contributed by atoms with Crippen LogP contribution in [-0.4, -0.2) is 17.9 Å². The zero-order valence-corrected chi connectivity index (χ0v) is 15.5. The summed E-state index contributed by atoms with van der Waals surface area (Å²) in [7, 11) is 1.60. The lowest BCUT2D eigenvalue weighted by Gasteiger charge is -2.10. The maximum Gasteiger partial charge on any atom is 0.259 e. The number of fused-ring (bicyclic) bond motifs is 1. The Labute approximate surface area is 161 Å². The lowest BCUT2D eigenvalue weighted by Crippen LogP contribution is -2.20. The number of rotatable bonds is 5. The van der Waals surface area contributed by atoms with Crippen molar-refractivity contribution in [2.24, 2.45) is 0 Å². The average Bonchev–Trinajstić information content (AvgIpc) is 3.51. The number of pyridine rings is 1. The van der Waals surface area contributed by atoms with E-state index in [0.717, 1.165) is 35.1 Å². The van der Waals surface area contributed by atoms with E-state index in [0.29, 0.717) is 10.5 Å². The van der Waals surface area contributed by atoms with E-state index in [1.807, 2.05) is 30.3 Å². The minimum absolute atomic E-state index is 0.219. The number of carbonyl (C=O) groups is 1. The molecular weight excluding hydrogens is 362 g/mol. The third-order valence-corrected chi connectivity index (χ3v) is 5.03. The maximum absolute atomic E-state index is 12.9. The molecule has 0 atom stereocenters. The predicted molar refractivity (Wildman–Crippen MR) is 108 cm³/mol. The molecule has 0 radical (unpaired) electrons. The zero-order valence-electron chi connectivity index (χ0n) is 14.8. The van der Waals surface area contributed by atoms with E-state index >= 15 is 0 Å². The van der Waals surface area contributed by atoms with Crippen LogP contribution in [0.1, 0.15) is 40.2 Å². The molecule has 1 heterocycles. The standard InChI is InChI=1S/C22H18ClNO3/c1-27-16-8-2-13(3-9-16)4-11-19(25)21-20(14-5-6-14)17-12-15(23)7-10-18(17)24-22(21)26/h2-4,7-12,14H,5-6H2,1H3,(H,24,26)/b11-4+. The molecule has 1 aromatic heterocycles. The van der Waals surface area contributed by atoms with Crippen molar-refractivity contribution in [1.82, 2.24) is 4.98 Å². The van der Waals surface area contributed by atoms with Crippen molar-refractivity contribution in [2.75, 3.05) is 7.11 Å². The van der Waals surface area contributed by atoms with Gasteiger partial charge in [-0.2, -0.15) is 0 Å². The second-order valence-electron chi connectivity index (χ2n) is 6.68. The molecule has 3 aromatic rings. The van der Waals surface area contributed by atoms with Crippen LogP contribution in [0.2, 0.25) is 5.02 Å². The summed E-state index contributed by atoms with van der Waals surface area (Å²) in [6, 6.07) is 12.7. The van der Waals surface area contributed by atoms with Crippen molar-refractivity contribution in [2.45, 2.75) is 18.8 Å². The van der Waals surface area contributed by atoms with Gasteiger partial charge in [0.05, 0.1) is 12.7 Å². The zero-order chi connectivity index (χ0) is 19.0. The van der Waals surface area contributed by atoms with Crippen molar-refractivity contribution < 1.29 is 9.53 Å². The Morgan fingerprint density at radius 3 is 2.59 bits per heavy atom. The number of nitrogens with one attached hydrogen (secondary N) is 1. The second kappa shape index (κ2) is 7.05. The Morgan fingerprint density at radius 1 is 1.19 bits per heavy atom. The Hall–Kier alpha value is -2.85. The number of benzene rings is 2. The smallest absolute Gasteiger partial charge is 0.259 e. The van der Waals surface area contributed by atoms with Gasteiger partial charge in [-0.1, -0.05) is 29.8 Å². The molecule has 4 nitrogen and oxygen atoms in total.